The molecule has 0 spiro atoms. The van der Waals surface area contributed by atoms with Crippen LogP contribution in [0.1, 0.15) is 11.5 Å². The van der Waals surface area contributed by atoms with Gasteiger partial charge in [-0.05, 0) is 35.2 Å². The minimum Gasteiger partial charge on any atom is -0.481 e. The maximum absolute atomic E-state index is 13.4. The molecule has 1 atom stereocenters. The summed E-state index contributed by atoms with van der Waals surface area (Å²) in [7, 11) is 0. The summed E-state index contributed by atoms with van der Waals surface area (Å²) in [4.78, 5) is 11.5. The molecule has 1 aromatic heterocycles. The SMILES string of the molecule is O=C(O)C(Cn1ccc2ccc(F)cc21)c1ccccc1. The zero-order chi connectivity index (χ0) is 14.8. The van der Waals surface area contributed by atoms with Gasteiger partial charge < -0.3 is 9.67 Å². The topological polar surface area (TPSA) is 42.2 Å². The Labute approximate surface area is 121 Å². The Bertz CT molecular complexity index is 780. The third-order valence-corrected chi connectivity index (χ3v) is 3.62. The number of aromatic nitrogens is 1. The molecule has 1 unspecified atom stereocenters. The molecule has 0 saturated carbocycles. The summed E-state index contributed by atoms with van der Waals surface area (Å²) in [5, 5.41) is 10.4. The van der Waals surface area contributed by atoms with Crippen molar-refractivity contribution < 1.29 is 14.3 Å². The summed E-state index contributed by atoms with van der Waals surface area (Å²) in [5.41, 5.74) is 1.44. The molecule has 2 aromatic carbocycles. The summed E-state index contributed by atoms with van der Waals surface area (Å²) in [6.45, 7) is 0.270. The van der Waals surface area contributed by atoms with E-state index in [0.29, 0.717) is 5.52 Å². The summed E-state index contributed by atoms with van der Waals surface area (Å²) >= 11 is 0. The van der Waals surface area contributed by atoms with Crippen molar-refractivity contribution >= 4 is 16.9 Å². The van der Waals surface area contributed by atoms with Crippen LogP contribution in [0.15, 0.2) is 60.8 Å². The largest absolute Gasteiger partial charge is 0.481 e. The molecule has 21 heavy (non-hydrogen) atoms. The van der Waals surface area contributed by atoms with Crippen molar-refractivity contribution in [1.29, 1.82) is 0 Å². The highest BCUT2D eigenvalue weighted by molar-refractivity contribution is 5.81. The summed E-state index contributed by atoms with van der Waals surface area (Å²) in [5.74, 6) is -1.88. The summed E-state index contributed by atoms with van der Waals surface area (Å²) in [6, 6.07) is 15.5. The van der Waals surface area contributed by atoms with Crippen LogP contribution in [0.3, 0.4) is 0 Å². The Hall–Kier alpha value is -2.62. The van der Waals surface area contributed by atoms with E-state index in [1.165, 1.54) is 12.1 Å². The first-order chi connectivity index (χ1) is 10.1. The summed E-state index contributed by atoms with van der Waals surface area (Å²) in [6.07, 6.45) is 1.79. The lowest BCUT2D eigenvalue weighted by atomic mass is 9.99. The van der Waals surface area contributed by atoms with Crippen LogP contribution in [0.5, 0.6) is 0 Å². The van der Waals surface area contributed by atoms with Crippen molar-refractivity contribution in [2.45, 2.75) is 12.5 Å². The van der Waals surface area contributed by atoms with Crippen LogP contribution in [0, 0.1) is 5.82 Å². The van der Waals surface area contributed by atoms with Crippen molar-refractivity contribution in [3.63, 3.8) is 0 Å². The second kappa shape index (κ2) is 5.40. The van der Waals surface area contributed by atoms with Gasteiger partial charge >= 0.3 is 5.97 Å². The van der Waals surface area contributed by atoms with Gasteiger partial charge in [0.25, 0.3) is 0 Å². The predicted octanol–water partition coefficient (Wildman–Crippen LogP) is 3.65. The molecule has 0 bridgehead atoms. The average molecular weight is 283 g/mol. The van der Waals surface area contributed by atoms with Gasteiger partial charge in [-0.3, -0.25) is 4.79 Å². The van der Waals surface area contributed by atoms with Gasteiger partial charge in [-0.2, -0.15) is 0 Å². The second-order valence-electron chi connectivity index (χ2n) is 4.97. The molecule has 4 heteroatoms. The van der Waals surface area contributed by atoms with Crippen molar-refractivity contribution in [2.75, 3.05) is 0 Å². The third kappa shape index (κ3) is 2.65. The monoisotopic (exact) mass is 283 g/mol. The van der Waals surface area contributed by atoms with E-state index in [4.69, 9.17) is 0 Å². The van der Waals surface area contributed by atoms with Crippen LogP contribution in [-0.4, -0.2) is 15.6 Å². The molecule has 0 aliphatic heterocycles. The van der Waals surface area contributed by atoms with Crippen LogP contribution < -0.4 is 0 Å². The van der Waals surface area contributed by atoms with Crippen LogP contribution >= 0.6 is 0 Å². The highest BCUT2D eigenvalue weighted by Gasteiger charge is 2.20. The minimum absolute atomic E-state index is 0.270. The predicted molar refractivity (Wildman–Crippen MR) is 78.7 cm³/mol. The number of nitrogens with zero attached hydrogens (tertiary/aromatic N) is 1. The minimum atomic E-state index is -0.889. The number of carboxylic acids is 1. The first-order valence-electron chi connectivity index (χ1n) is 6.67. The number of aliphatic carboxylic acids is 1. The van der Waals surface area contributed by atoms with E-state index in [1.807, 2.05) is 24.3 Å². The number of hydrogen-bond donors (Lipinski definition) is 1. The normalized spacial score (nSPS) is 12.4. The highest BCUT2D eigenvalue weighted by Crippen LogP contribution is 2.23. The van der Waals surface area contributed by atoms with Gasteiger partial charge in [-0.15, -0.1) is 0 Å². The molecular formula is C17H14FNO2. The van der Waals surface area contributed by atoms with Gasteiger partial charge in [-0.1, -0.05) is 30.3 Å². The first-order valence-corrected chi connectivity index (χ1v) is 6.67. The molecular weight excluding hydrogens is 269 g/mol. The van der Waals surface area contributed by atoms with E-state index >= 15 is 0 Å². The van der Waals surface area contributed by atoms with Crippen molar-refractivity contribution in [2.24, 2.45) is 0 Å². The molecule has 0 aliphatic carbocycles. The number of carboxylic acid groups (broad SMARTS) is 1. The van der Waals surface area contributed by atoms with Gasteiger partial charge in [0.05, 0.1) is 11.4 Å². The molecule has 0 aliphatic rings. The average Bonchev–Trinajstić information content (AvgIpc) is 2.87. The Kier molecular flexibility index (Phi) is 3.44. The van der Waals surface area contributed by atoms with E-state index in [2.05, 4.69) is 0 Å². The van der Waals surface area contributed by atoms with E-state index in [1.54, 1.807) is 29.0 Å². The van der Waals surface area contributed by atoms with Crippen molar-refractivity contribution in [3.05, 3.63) is 72.2 Å². The lowest BCUT2D eigenvalue weighted by Gasteiger charge is -2.14. The Morgan fingerprint density at radius 1 is 1.14 bits per heavy atom. The lowest BCUT2D eigenvalue weighted by molar-refractivity contribution is -0.139. The van der Waals surface area contributed by atoms with Gasteiger partial charge in [0.15, 0.2) is 0 Å². The molecule has 3 rings (SSSR count). The number of hydrogen-bond acceptors (Lipinski definition) is 1. The fraction of sp³-hybridized carbons (Fsp3) is 0.118. The number of carbonyl (C=O) groups is 1. The molecule has 0 fully saturated rings. The van der Waals surface area contributed by atoms with Gasteiger partial charge in [0.2, 0.25) is 0 Å². The lowest BCUT2D eigenvalue weighted by Crippen LogP contribution is -2.17. The van der Waals surface area contributed by atoms with Gasteiger partial charge in [0.1, 0.15) is 5.82 Å². The molecule has 0 amide bonds. The second-order valence-corrected chi connectivity index (χ2v) is 4.97. The number of rotatable bonds is 4. The third-order valence-electron chi connectivity index (χ3n) is 3.62. The number of benzene rings is 2. The fourth-order valence-electron chi connectivity index (χ4n) is 2.52. The van der Waals surface area contributed by atoms with Crippen molar-refractivity contribution in [1.82, 2.24) is 4.57 Å². The molecule has 1 N–H and O–H groups in total. The van der Waals surface area contributed by atoms with Crippen LogP contribution in [-0.2, 0) is 11.3 Å². The van der Waals surface area contributed by atoms with E-state index < -0.39 is 11.9 Å². The fourth-order valence-corrected chi connectivity index (χ4v) is 2.52. The molecule has 3 aromatic rings. The van der Waals surface area contributed by atoms with Crippen LogP contribution in [0.2, 0.25) is 0 Å². The Morgan fingerprint density at radius 2 is 1.90 bits per heavy atom. The molecule has 106 valence electrons. The Morgan fingerprint density at radius 3 is 2.62 bits per heavy atom. The van der Waals surface area contributed by atoms with Crippen LogP contribution in [0.4, 0.5) is 4.39 Å². The maximum atomic E-state index is 13.4. The molecule has 3 nitrogen and oxygen atoms in total. The highest BCUT2D eigenvalue weighted by atomic mass is 19.1. The zero-order valence-electron chi connectivity index (χ0n) is 11.2. The number of fused-ring (bicyclic) bond motifs is 1. The van der Waals surface area contributed by atoms with E-state index in [-0.39, 0.29) is 12.4 Å². The van der Waals surface area contributed by atoms with Crippen LogP contribution in [0.25, 0.3) is 10.9 Å². The van der Waals surface area contributed by atoms with E-state index in [0.717, 1.165) is 10.9 Å². The number of halogens is 1. The van der Waals surface area contributed by atoms with Gasteiger partial charge in [-0.25, -0.2) is 4.39 Å². The first kappa shape index (κ1) is 13.4. The summed E-state index contributed by atoms with van der Waals surface area (Å²) < 4.78 is 15.2. The Balaban J connectivity index is 1.99. The standard InChI is InChI=1S/C17H14FNO2/c18-14-7-6-13-8-9-19(16(13)10-14)11-15(17(20)21)12-4-2-1-3-5-12/h1-10,15H,11H2,(H,20,21). The molecule has 0 saturated heterocycles. The zero-order valence-corrected chi connectivity index (χ0v) is 11.2. The van der Waals surface area contributed by atoms with Crippen molar-refractivity contribution in [3.8, 4) is 0 Å². The molecule has 1 heterocycles. The quantitative estimate of drug-likeness (QED) is 0.794. The maximum Gasteiger partial charge on any atom is 0.312 e. The van der Waals surface area contributed by atoms with Gasteiger partial charge in [0, 0.05) is 12.7 Å². The smallest absolute Gasteiger partial charge is 0.312 e. The van der Waals surface area contributed by atoms with E-state index in [9.17, 15) is 14.3 Å². The molecule has 0 radical (unpaired) electrons.